The van der Waals surface area contributed by atoms with Crippen LogP contribution in [0.2, 0.25) is 0 Å². The second kappa shape index (κ2) is 10.3. The van der Waals surface area contributed by atoms with Crippen molar-refractivity contribution in [3.05, 3.63) is 88.0 Å². The lowest BCUT2D eigenvalue weighted by atomic mass is 9.35. The van der Waals surface area contributed by atoms with Crippen molar-refractivity contribution in [2.24, 2.45) is 0 Å². The lowest BCUT2D eigenvalue weighted by molar-refractivity contribution is 0.0695. The molecule has 0 N–H and O–H groups in total. The Kier molecular flexibility index (Phi) is 7.57. The third kappa shape index (κ3) is 4.56. The quantitative estimate of drug-likeness (QED) is 0.180. The van der Waals surface area contributed by atoms with Gasteiger partial charge in [0.05, 0.1) is 0 Å². The predicted molar refractivity (Wildman–Crippen MR) is 122 cm³/mol. The van der Waals surface area contributed by atoms with Crippen molar-refractivity contribution in [2.75, 3.05) is 6.54 Å². The first-order valence-corrected chi connectivity index (χ1v) is 11.6. The Morgan fingerprint density at radius 3 is 1.50 bits per heavy atom. The van der Waals surface area contributed by atoms with E-state index >= 15 is 17.6 Å². The van der Waals surface area contributed by atoms with Gasteiger partial charge in [-0.2, -0.15) is 10.9 Å². The molecule has 0 spiro atoms. The number of rotatable bonds is 5. The summed E-state index contributed by atoms with van der Waals surface area (Å²) in [6.07, 6.45) is 2.45. The summed E-state index contributed by atoms with van der Waals surface area (Å²) < 4.78 is 145. The molecule has 0 aliphatic carbocycles. The van der Waals surface area contributed by atoms with Crippen LogP contribution < -0.4 is 16.4 Å². The Morgan fingerprint density at radius 1 is 0.632 bits per heavy atom. The van der Waals surface area contributed by atoms with E-state index in [2.05, 4.69) is 0 Å². The Labute approximate surface area is 212 Å². The molecule has 3 aromatic carbocycles. The van der Waals surface area contributed by atoms with Crippen molar-refractivity contribution < 1.29 is 43.9 Å². The molecule has 1 aliphatic rings. The Morgan fingerprint density at radius 2 is 1.05 bits per heavy atom. The van der Waals surface area contributed by atoms with Crippen LogP contribution in [-0.4, -0.2) is 23.7 Å². The second-order valence-electron chi connectivity index (χ2n) is 9.79. The van der Waals surface area contributed by atoms with Gasteiger partial charge in [-0.3, -0.25) is 4.90 Å². The second-order valence-corrected chi connectivity index (χ2v) is 9.79. The molecule has 0 saturated carbocycles. The van der Waals surface area contributed by atoms with E-state index in [0.29, 0.717) is 6.54 Å². The van der Waals surface area contributed by atoms with E-state index in [1.165, 1.54) is 18.2 Å². The Hall–Kier alpha value is -3.02. The summed E-state index contributed by atoms with van der Waals surface area (Å²) in [6, 6.07) is 5.20. The van der Waals surface area contributed by atoms with Gasteiger partial charge in [-0.15, -0.1) is 0 Å². The van der Waals surface area contributed by atoms with Crippen LogP contribution in [0.4, 0.5) is 43.9 Å². The number of benzene rings is 3. The van der Waals surface area contributed by atoms with E-state index in [9.17, 15) is 26.3 Å². The lowest BCUT2D eigenvalue weighted by Gasteiger charge is -2.44. The lowest BCUT2D eigenvalue weighted by Crippen LogP contribution is -2.59. The zero-order valence-electron chi connectivity index (χ0n) is 20.1. The highest BCUT2D eigenvalue weighted by Crippen LogP contribution is 2.29. The van der Waals surface area contributed by atoms with Crippen LogP contribution in [0.15, 0.2) is 24.3 Å². The van der Waals surface area contributed by atoms with Crippen LogP contribution in [0.1, 0.15) is 38.7 Å². The smallest absolute Gasteiger partial charge is 0.200 e. The summed E-state index contributed by atoms with van der Waals surface area (Å²) in [5.74, 6) is -24.6. The highest BCUT2D eigenvalue weighted by molar-refractivity contribution is 6.96. The highest BCUT2D eigenvalue weighted by Gasteiger charge is 2.33. The Balaban J connectivity index is 2.07. The average molecular weight is 547 g/mol. The third-order valence-electron chi connectivity index (χ3n) is 7.11. The molecule has 1 nitrogen and oxygen atoms in total. The first kappa shape index (κ1) is 28.0. The molecule has 0 amide bonds. The number of hydrogen-bond donors (Lipinski definition) is 0. The van der Waals surface area contributed by atoms with Gasteiger partial charge < -0.3 is 0 Å². The molecule has 0 bridgehead atoms. The minimum absolute atomic E-state index is 0.00443. The molecule has 12 heteroatoms. The number of halogens is 10. The van der Waals surface area contributed by atoms with Crippen molar-refractivity contribution in [1.82, 2.24) is 4.90 Å². The first-order chi connectivity index (χ1) is 17.8. The maximum Gasteiger partial charge on any atom is 0.200 e. The topological polar surface area (TPSA) is 3.24 Å². The summed E-state index contributed by atoms with van der Waals surface area (Å²) in [5, 5.41) is 0. The van der Waals surface area contributed by atoms with Gasteiger partial charge in [0.2, 0.25) is 0 Å². The zero-order chi connectivity index (χ0) is 28.1. The van der Waals surface area contributed by atoms with Gasteiger partial charge in [0.25, 0.3) is 0 Å². The third-order valence-corrected chi connectivity index (χ3v) is 7.11. The van der Waals surface area contributed by atoms with Gasteiger partial charge in [-0.25, -0.2) is 49.4 Å². The van der Waals surface area contributed by atoms with Crippen molar-refractivity contribution in [1.29, 1.82) is 0 Å². The van der Waals surface area contributed by atoms with Crippen LogP contribution >= 0.6 is 0 Å². The molecule has 3 aromatic rings. The van der Waals surface area contributed by atoms with Crippen LogP contribution in [0.25, 0.3) is 0 Å². The number of piperidine rings is 1. The fourth-order valence-electron chi connectivity index (χ4n) is 4.99. The molecule has 0 aromatic heterocycles. The van der Waals surface area contributed by atoms with E-state index in [1.807, 2.05) is 18.7 Å². The van der Waals surface area contributed by atoms with Gasteiger partial charge >= 0.3 is 0 Å². The molecule has 1 aliphatic heterocycles. The van der Waals surface area contributed by atoms with Crippen LogP contribution in [0.5, 0.6) is 0 Å². The summed E-state index contributed by atoms with van der Waals surface area (Å²) in [5.41, 5.74) is -4.12. The van der Waals surface area contributed by atoms with Gasteiger partial charge in [-0.1, -0.05) is 36.2 Å². The van der Waals surface area contributed by atoms with Crippen LogP contribution in [0.3, 0.4) is 0 Å². The SMILES string of the molecule is CC1(C)CCCCN1Cc1ccccc1[B-](c1c(F)c(F)c(F)c(F)c1F)c1c(F)c(F)c(F)c(F)c1F. The van der Waals surface area contributed by atoms with Crippen molar-refractivity contribution in [3.63, 3.8) is 0 Å². The average Bonchev–Trinajstić information content (AvgIpc) is 2.89. The molecule has 1 saturated heterocycles. The van der Waals surface area contributed by atoms with Crippen LogP contribution in [0, 0.1) is 58.2 Å². The first-order valence-electron chi connectivity index (χ1n) is 11.6. The Bertz CT molecular complexity index is 1280. The fourth-order valence-corrected chi connectivity index (χ4v) is 4.99. The minimum Gasteiger partial charge on any atom is -0.294 e. The van der Waals surface area contributed by atoms with Crippen molar-refractivity contribution in [2.45, 2.75) is 45.2 Å². The molecule has 0 atom stereocenters. The molecule has 0 unspecified atom stereocenters. The molecular formula is C26H20BF10N-. The minimum atomic E-state index is -2.58. The summed E-state index contributed by atoms with van der Waals surface area (Å²) in [4.78, 5) is 1.95. The highest BCUT2D eigenvalue weighted by atomic mass is 19.2. The molecule has 1 radical (unpaired) electrons. The standard InChI is InChI=1S/C26H20BF10N/c1-26(2)9-5-6-10-38(26)11-12-7-3-4-8-13(12)27(14-16(28)20(32)24(36)21(33)17(14)29)15-18(30)22(34)25(37)23(35)19(15)31/h3-4,7-8H,5-6,9-11H2,1-2H3/q-1. The van der Waals surface area contributed by atoms with E-state index in [4.69, 9.17) is 0 Å². The number of likely N-dealkylation sites (tertiary alicyclic amines) is 1. The summed E-state index contributed by atoms with van der Waals surface area (Å²) in [6.45, 7) is 1.82. The maximum absolute atomic E-state index is 15.0. The van der Waals surface area contributed by atoms with Crippen LogP contribution in [-0.2, 0) is 6.54 Å². The molecule has 1 fully saturated rings. The molecule has 1 heterocycles. The van der Waals surface area contributed by atoms with Crippen molar-refractivity contribution >= 4 is 23.1 Å². The van der Waals surface area contributed by atoms with E-state index in [0.717, 1.165) is 25.3 Å². The number of nitrogens with zero attached hydrogens (tertiary/aromatic N) is 1. The van der Waals surface area contributed by atoms with E-state index in [-0.39, 0.29) is 17.6 Å². The summed E-state index contributed by atoms with van der Waals surface area (Å²) in [7, 11) is 0. The van der Waals surface area contributed by atoms with Gasteiger partial charge in [0.1, 0.15) is 23.3 Å². The van der Waals surface area contributed by atoms with Crippen molar-refractivity contribution in [3.8, 4) is 0 Å². The van der Waals surface area contributed by atoms with Gasteiger partial charge in [0, 0.05) is 12.1 Å². The molecule has 203 valence electrons. The van der Waals surface area contributed by atoms with E-state index in [1.54, 1.807) is 0 Å². The summed E-state index contributed by atoms with van der Waals surface area (Å²) >= 11 is 0. The normalized spacial score (nSPS) is 15.9. The van der Waals surface area contributed by atoms with E-state index < -0.39 is 81.3 Å². The predicted octanol–water partition coefficient (Wildman–Crippen LogP) is 5.36. The molecule has 38 heavy (non-hydrogen) atoms. The molecular weight excluding hydrogens is 527 g/mol. The van der Waals surface area contributed by atoms with Gasteiger partial charge in [0.15, 0.2) is 34.9 Å². The fraction of sp³-hybridized carbons (Fsp3) is 0.308. The zero-order valence-corrected chi connectivity index (χ0v) is 20.1. The largest absolute Gasteiger partial charge is 0.294 e. The van der Waals surface area contributed by atoms with Gasteiger partial charge in [-0.05, 0) is 39.9 Å². The maximum atomic E-state index is 15.0. The monoisotopic (exact) mass is 547 g/mol. The number of hydrogen-bond acceptors (Lipinski definition) is 1. The molecule has 4 rings (SSSR count).